The van der Waals surface area contributed by atoms with Crippen LogP contribution in [0.15, 0.2) is 48.5 Å². The van der Waals surface area contributed by atoms with Crippen LogP contribution >= 0.6 is 0 Å². The summed E-state index contributed by atoms with van der Waals surface area (Å²) in [5, 5.41) is 0. The molecule has 0 unspecified atom stereocenters. The molecule has 0 aliphatic rings. The molecule has 3 N–H and O–H groups in total. The van der Waals surface area contributed by atoms with Crippen molar-refractivity contribution in [3.63, 3.8) is 0 Å². The number of benzene rings is 2. The maximum Gasteiger partial charge on any atom is 0.248 e. The average molecular weight is 338 g/mol. The fraction of sp³-hybridized carbons (Fsp3) is 0.133. The van der Waals surface area contributed by atoms with Gasteiger partial charge in [0.1, 0.15) is 23.9 Å². The number of halogens is 1. The summed E-state index contributed by atoms with van der Waals surface area (Å²) in [5.74, 6) is -0.882. The van der Waals surface area contributed by atoms with Crippen LogP contribution in [-0.4, -0.2) is 26.7 Å². The normalized spacial score (nSPS) is 11.0. The molecule has 0 bridgehead atoms. The van der Waals surface area contributed by atoms with E-state index >= 15 is 0 Å². The molecule has 0 fully saturated rings. The summed E-state index contributed by atoms with van der Waals surface area (Å²) in [6.45, 7) is -0.0830. The molecular weight excluding hydrogens is 323 g/mol. The first-order valence-corrected chi connectivity index (χ1v) is 8.30. The molecule has 0 spiro atoms. The van der Waals surface area contributed by atoms with E-state index in [0.29, 0.717) is 11.4 Å². The number of sulfonamides is 1. The standard InChI is InChI=1S/C15H15FN2O4S/c16-12-3-7-14(8-4-12)22-9-10-23(20,21)18-13-5-1-11(2-6-13)15(17)19/h1-8,18H,9-10H2,(H2,17,19). The van der Waals surface area contributed by atoms with E-state index in [-0.39, 0.29) is 17.9 Å². The lowest BCUT2D eigenvalue weighted by atomic mass is 10.2. The Bertz CT molecular complexity index is 774. The van der Waals surface area contributed by atoms with Crippen molar-refractivity contribution in [3.8, 4) is 5.75 Å². The molecule has 0 aliphatic carbocycles. The minimum Gasteiger partial charge on any atom is -0.492 e. The molecule has 2 rings (SSSR count). The van der Waals surface area contributed by atoms with Crippen molar-refractivity contribution in [2.24, 2.45) is 5.73 Å². The van der Waals surface area contributed by atoms with E-state index in [1.54, 1.807) is 0 Å². The molecule has 0 radical (unpaired) electrons. The average Bonchev–Trinajstić information content (AvgIpc) is 2.49. The minimum absolute atomic E-state index is 0.0830. The Morgan fingerprint density at radius 3 is 2.26 bits per heavy atom. The molecule has 122 valence electrons. The van der Waals surface area contributed by atoms with E-state index < -0.39 is 21.7 Å². The van der Waals surface area contributed by atoms with Crippen molar-refractivity contribution in [1.29, 1.82) is 0 Å². The van der Waals surface area contributed by atoms with Crippen molar-refractivity contribution >= 4 is 21.6 Å². The number of ether oxygens (including phenoxy) is 1. The quantitative estimate of drug-likeness (QED) is 0.803. The second kappa shape index (κ2) is 7.10. The van der Waals surface area contributed by atoms with E-state index in [2.05, 4.69) is 4.72 Å². The van der Waals surface area contributed by atoms with Gasteiger partial charge in [0.25, 0.3) is 0 Å². The summed E-state index contributed by atoms with van der Waals surface area (Å²) in [4.78, 5) is 10.9. The predicted octanol–water partition coefficient (Wildman–Crippen LogP) is 1.75. The Hall–Kier alpha value is -2.61. The van der Waals surface area contributed by atoms with Gasteiger partial charge in [-0.3, -0.25) is 9.52 Å². The van der Waals surface area contributed by atoms with Gasteiger partial charge in [-0.25, -0.2) is 12.8 Å². The van der Waals surface area contributed by atoms with Crippen LogP contribution in [0.5, 0.6) is 5.75 Å². The number of nitrogens with one attached hydrogen (secondary N) is 1. The van der Waals surface area contributed by atoms with Gasteiger partial charge in [0.2, 0.25) is 15.9 Å². The molecule has 0 heterocycles. The second-order valence-corrected chi connectivity index (χ2v) is 6.51. The molecule has 0 aromatic heterocycles. The Balaban J connectivity index is 1.88. The Morgan fingerprint density at radius 1 is 1.09 bits per heavy atom. The molecule has 23 heavy (non-hydrogen) atoms. The number of amides is 1. The second-order valence-electron chi connectivity index (χ2n) is 4.66. The van der Waals surface area contributed by atoms with E-state index in [1.807, 2.05) is 0 Å². The number of hydrogen-bond acceptors (Lipinski definition) is 4. The number of primary amides is 1. The predicted molar refractivity (Wildman–Crippen MR) is 84.3 cm³/mol. The maximum atomic E-state index is 12.7. The SMILES string of the molecule is NC(=O)c1ccc(NS(=O)(=O)CCOc2ccc(F)cc2)cc1. The van der Waals surface area contributed by atoms with E-state index in [1.165, 1.54) is 48.5 Å². The summed E-state index contributed by atoms with van der Waals surface area (Å²) in [5.41, 5.74) is 5.71. The van der Waals surface area contributed by atoms with Gasteiger partial charge in [-0.2, -0.15) is 0 Å². The van der Waals surface area contributed by atoms with Crippen LogP contribution in [-0.2, 0) is 10.0 Å². The molecule has 2 aromatic carbocycles. The minimum atomic E-state index is -3.61. The third-order valence-electron chi connectivity index (χ3n) is 2.88. The highest BCUT2D eigenvalue weighted by molar-refractivity contribution is 7.92. The van der Waals surface area contributed by atoms with E-state index in [4.69, 9.17) is 10.5 Å². The monoisotopic (exact) mass is 338 g/mol. The van der Waals surface area contributed by atoms with Gasteiger partial charge in [-0.1, -0.05) is 0 Å². The molecular formula is C15H15FN2O4S. The van der Waals surface area contributed by atoms with Crippen molar-refractivity contribution in [1.82, 2.24) is 0 Å². The highest BCUT2D eigenvalue weighted by Crippen LogP contribution is 2.13. The zero-order chi connectivity index (χ0) is 16.9. The van der Waals surface area contributed by atoms with Crippen LogP contribution in [0.2, 0.25) is 0 Å². The summed E-state index contributed by atoms with van der Waals surface area (Å²) < 4.78 is 44.2. The molecule has 2 aromatic rings. The van der Waals surface area contributed by atoms with Gasteiger partial charge >= 0.3 is 0 Å². The van der Waals surface area contributed by atoms with Crippen molar-refractivity contribution in [2.75, 3.05) is 17.1 Å². The number of hydrogen-bond donors (Lipinski definition) is 2. The van der Waals surface area contributed by atoms with Crippen molar-refractivity contribution in [3.05, 3.63) is 59.9 Å². The molecule has 1 amide bonds. The van der Waals surface area contributed by atoms with Gasteiger partial charge < -0.3 is 10.5 Å². The first kappa shape index (κ1) is 16.8. The van der Waals surface area contributed by atoms with Gasteiger partial charge in [0, 0.05) is 11.3 Å². The summed E-state index contributed by atoms with van der Waals surface area (Å²) in [6, 6.07) is 11.0. The molecule has 0 atom stereocenters. The molecule has 6 nitrogen and oxygen atoms in total. The van der Waals surface area contributed by atoms with E-state index in [0.717, 1.165) is 0 Å². The Morgan fingerprint density at radius 2 is 1.70 bits per heavy atom. The summed E-state index contributed by atoms with van der Waals surface area (Å²) in [7, 11) is -3.61. The molecule has 0 saturated heterocycles. The maximum absolute atomic E-state index is 12.7. The topological polar surface area (TPSA) is 98.5 Å². The number of carbonyl (C=O) groups is 1. The number of carbonyl (C=O) groups excluding carboxylic acids is 1. The van der Waals surface area contributed by atoms with Crippen molar-refractivity contribution < 1.29 is 22.3 Å². The van der Waals surface area contributed by atoms with Crippen LogP contribution < -0.4 is 15.2 Å². The van der Waals surface area contributed by atoms with Crippen LogP contribution in [0.4, 0.5) is 10.1 Å². The third-order valence-corrected chi connectivity index (χ3v) is 4.13. The largest absolute Gasteiger partial charge is 0.492 e. The third kappa shape index (κ3) is 5.26. The van der Waals surface area contributed by atoms with Gasteiger partial charge in [0.15, 0.2) is 0 Å². The number of nitrogens with two attached hydrogens (primary N) is 1. The highest BCUT2D eigenvalue weighted by atomic mass is 32.2. The van der Waals surface area contributed by atoms with Crippen LogP contribution in [0.1, 0.15) is 10.4 Å². The summed E-state index contributed by atoms with van der Waals surface area (Å²) >= 11 is 0. The molecule has 0 aliphatic heterocycles. The lowest BCUT2D eigenvalue weighted by Crippen LogP contribution is -2.21. The lowest BCUT2D eigenvalue weighted by Gasteiger charge is -2.09. The van der Waals surface area contributed by atoms with Crippen LogP contribution in [0, 0.1) is 5.82 Å². The zero-order valence-corrected chi connectivity index (χ0v) is 12.8. The first-order valence-electron chi connectivity index (χ1n) is 6.64. The Labute approximate surface area is 133 Å². The van der Waals surface area contributed by atoms with Crippen LogP contribution in [0.3, 0.4) is 0 Å². The fourth-order valence-corrected chi connectivity index (χ4v) is 2.63. The number of rotatable bonds is 7. The fourth-order valence-electron chi connectivity index (χ4n) is 1.73. The molecule has 0 saturated carbocycles. The van der Waals surface area contributed by atoms with Crippen LogP contribution in [0.25, 0.3) is 0 Å². The molecule has 8 heteroatoms. The van der Waals surface area contributed by atoms with Crippen molar-refractivity contribution in [2.45, 2.75) is 0 Å². The first-order chi connectivity index (χ1) is 10.9. The Kier molecular flexibility index (Phi) is 5.17. The smallest absolute Gasteiger partial charge is 0.248 e. The number of anilines is 1. The lowest BCUT2D eigenvalue weighted by molar-refractivity contribution is 0.100. The van der Waals surface area contributed by atoms with Gasteiger partial charge in [-0.15, -0.1) is 0 Å². The highest BCUT2D eigenvalue weighted by Gasteiger charge is 2.11. The van der Waals surface area contributed by atoms with Gasteiger partial charge in [-0.05, 0) is 48.5 Å². The van der Waals surface area contributed by atoms with E-state index in [9.17, 15) is 17.6 Å². The zero-order valence-electron chi connectivity index (χ0n) is 12.0. The summed E-state index contributed by atoms with van der Waals surface area (Å²) in [6.07, 6.45) is 0. The van der Waals surface area contributed by atoms with Gasteiger partial charge in [0.05, 0.1) is 0 Å².